The van der Waals surface area contributed by atoms with Gasteiger partial charge in [-0.25, -0.2) is 8.42 Å². The Morgan fingerprint density at radius 1 is 0.963 bits per heavy atom. The Bertz CT molecular complexity index is 891. The summed E-state index contributed by atoms with van der Waals surface area (Å²) in [4.78, 5) is 1.84. The van der Waals surface area contributed by atoms with E-state index in [1.54, 1.807) is 0 Å². The van der Waals surface area contributed by atoms with Crippen LogP contribution in [0.4, 0.5) is 13.2 Å². The summed E-state index contributed by atoms with van der Waals surface area (Å²) in [5, 5.41) is 0. The average molecular weight is 398 g/mol. The second-order valence-corrected chi connectivity index (χ2v) is 8.64. The molecule has 1 heterocycles. The Balaban J connectivity index is 1.73. The summed E-state index contributed by atoms with van der Waals surface area (Å²) < 4.78 is 66.0. The molecule has 1 aliphatic rings. The van der Waals surface area contributed by atoms with Gasteiger partial charge in [-0.05, 0) is 36.2 Å². The van der Waals surface area contributed by atoms with Crippen LogP contribution in [0.15, 0.2) is 53.4 Å². The van der Waals surface area contributed by atoms with Crippen molar-refractivity contribution in [2.24, 2.45) is 0 Å². The molecule has 146 valence electrons. The van der Waals surface area contributed by atoms with Gasteiger partial charge in [0.2, 0.25) is 10.0 Å². The number of hydrogen-bond donors (Lipinski definition) is 0. The molecule has 2 aromatic rings. The van der Waals surface area contributed by atoms with Crippen LogP contribution in [0.1, 0.15) is 16.7 Å². The quantitative estimate of drug-likeness (QED) is 0.791. The highest BCUT2D eigenvalue weighted by Crippen LogP contribution is 2.32. The minimum atomic E-state index is -4.58. The van der Waals surface area contributed by atoms with E-state index >= 15 is 0 Å². The summed E-state index contributed by atoms with van der Waals surface area (Å²) >= 11 is 0. The Morgan fingerprint density at radius 3 is 2.19 bits per heavy atom. The Kier molecular flexibility index (Phi) is 5.60. The number of alkyl halides is 3. The van der Waals surface area contributed by atoms with Crippen molar-refractivity contribution in [1.29, 1.82) is 0 Å². The lowest BCUT2D eigenvalue weighted by Gasteiger charge is -2.34. The summed E-state index contributed by atoms with van der Waals surface area (Å²) in [6.07, 6.45) is -4.58. The number of halogens is 3. The van der Waals surface area contributed by atoms with Gasteiger partial charge in [-0.2, -0.15) is 17.5 Å². The standard InChI is InChI=1S/C19H21F3N2O2S/c1-15-11-17(19(20,21)22)13-18(12-15)27(25,26)24-9-7-23(8-10-24)14-16-5-3-2-4-6-16/h2-6,11-13H,7-10,14H2,1H3. The third-order valence-electron chi connectivity index (χ3n) is 4.60. The van der Waals surface area contributed by atoms with Crippen LogP contribution in [-0.2, 0) is 22.7 Å². The lowest BCUT2D eigenvalue weighted by Crippen LogP contribution is -2.48. The van der Waals surface area contributed by atoms with Gasteiger partial charge in [0.05, 0.1) is 10.5 Å². The molecule has 1 aliphatic heterocycles. The van der Waals surface area contributed by atoms with E-state index in [1.807, 2.05) is 30.3 Å². The Labute approximate surface area is 157 Å². The first-order valence-corrected chi connectivity index (χ1v) is 10.1. The second-order valence-electron chi connectivity index (χ2n) is 6.70. The van der Waals surface area contributed by atoms with E-state index < -0.39 is 21.8 Å². The molecule has 0 bridgehead atoms. The monoisotopic (exact) mass is 398 g/mol. The van der Waals surface area contributed by atoms with Gasteiger partial charge in [-0.3, -0.25) is 4.90 Å². The zero-order valence-electron chi connectivity index (χ0n) is 14.9. The third-order valence-corrected chi connectivity index (χ3v) is 6.47. The van der Waals surface area contributed by atoms with E-state index in [1.165, 1.54) is 17.3 Å². The number of piperazine rings is 1. The molecule has 0 unspecified atom stereocenters. The number of nitrogens with zero attached hydrogens (tertiary/aromatic N) is 2. The van der Waals surface area contributed by atoms with E-state index in [4.69, 9.17) is 0 Å². The highest BCUT2D eigenvalue weighted by Gasteiger charge is 2.34. The molecule has 4 nitrogen and oxygen atoms in total. The topological polar surface area (TPSA) is 40.6 Å². The minimum absolute atomic E-state index is 0.254. The third kappa shape index (κ3) is 4.69. The van der Waals surface area contributed by atoms with E-state index in [0.29, 0.717) is 13.1 Å². The summed E-state index contributed by atoms with van der Waals surface area (Å²) in [6, 6.07) is 12.8. The Morgan fingerprint density at radius 2 is 1.59 bits per heavy atom. The average Bonchev–Trinajstić information content (AvgIpc) is 2.62. The van der Waals surface area contributed by atoms with Gasteiger partial charge in [0.25, 0.3) is 0 Å². The first-order valence-electron chi connectivity index (χ1n) is 8.61. The largest absolute Gasteiger partial charge is 0.416 e. The van der Waals surface area contributed by atoms with Crippen LogP contribution in [0, 0.1) is 6.92 Å². The molecular formula is C19H21F3N2O2S. The van der Waals surface area contributed by atoms with Gasteiger partial charge in [-0.15, -0.1) is 0 Å². The summed E-state index contributed by atoms with van der Waals surface area (Å²) in [6.45, 7) is 3.76. The first kappa shape index (κ1) is 19.9. The van der Waals surface area contributed by atoms with Gasteiger partial charge in [0.1, 0.15) is 0 Å². The fourth-order valence-electron chi connectivity index (χ4n) is 3.18. The van der Waals surface area contributed by atoms with Gasteiger partial charge >= 0.3 is 6.18 Å². The van der Waals surface area contributed by atoms with E-state index in [2.05, 4.69) is 4.90 Å². The molecule has 0 aliphatic carbocycles. The van der Waals surface area contributed by atoms with Crippen molar-refractivity contribution >= 4 is 10.0 Å². The predicted octanol–water partition coefficient (Wildman–Crippen LogP) is 3.52. The van der Waals surface area contributed by atoms with Crippen LogP contribution in [0.25, 0.3) is 0 Å². The van der Waals surface area contributed by atoms with Crippen LogP contribution in [0.5, 0.6) is 0 Å². The highest BCUT2D eigenvalue weighted by atomic mass is 32.2. The van der Waals surface area contributed by atoms with Crippen molar-refractivity contribution in [2.75, 3.05) is 26.2 Å². The lowest BCUT2D eigenvalue weighted by molar-refractivity contribution is -0.137. The molecule has 0 atom stereocenters. The molecule has 0 radical (unpaired) electrons. The maximum Gasteiger partial charge on any atom is 0.416 e. The molecule has 0 N–H and O–H groups in total. The van der Waals surface area contributed by atoms with Gasteiger partial charge < -0.3 is 0 Å². The fourth-order valence-corrected chi connectivity index (χ4v) is 4.73. The van der Waals surface area contributed by atoms with Gasteiger partial charge in [0.15, 0.2) is 0 Å². The molecule has 0 spiro atoms. The molecule has 0 amide bonds. The van der Waals surface area contributed by atoms with Crippen molar-refractivity contribution in [2.45, 2.75) is 24.5 Å². The summed E-state index contributed by atoms with van der Waals surface area (Å²) in [5.41, 5.74) is 0.470. The second kappa shape index (κ2) is 7.61. The summed E-state index contributed by atoms with van der Waals surface area (Å²) in [5.74, 6) is 0. The molecule has 8 heteroatoms. The number of rotatable bonds is 4. The van der Waals surface area contributed by atoms with Crippen molar-refractivity contribution in [3.8, 4) is 0 Å². The zero-order chi connectivity index (χ0) is 19.7. The van der Waals surface area contributed by atoms with E-state index in [0.717, 1.165) is 24.2 Å². The van der Waals surface area contributed by atoms with Crippen molar-refractivity contribution in [3.63, 3.8) is 0 Å². The number of benzene rings is 2. The number of sulfonamides is 1. The number of aryl methyl sites for hydroxylation is 1. The maximum absolute atomic E-state index is 13.0. The van der Waals surface area contributed by atoms with Crippen molar-refractivity contribution in [3.05, 3.63) is 65.2 Å². The molecule has 1 fully saturated rings. The van der Waals surface area contributed by atoms with Crippen molar-refractivity contribution in [1.82, 2.24) is 9.21 Å². The predicted molar refractivity (Wildman–Crippen MR) is 96.7 cm³/mol. The van der Waals surface area contributed by atoms with Crippen LogP contribution in [0.3, 0.4) is 0 Å². The zero-order valence-corrected chi connectivity index (χ0v) is 15.7. The molecule has 3 rings (SSSR count). The van der Waals surface area contributed by atoms with Crippen LogP contribution in [-0.4, -0.2) is 43.8 Å². The lowest BCUT2D eigenvalue weighted by atomic mass is 10.1. The molecule has 0 saturated carbocycles. The highest BCUT2D eigenvalue weighted by molar-refractivity contribution is 7.89. The van der Waals surface area contributed by atoms with Gasteiger partial charge in [-0.1, -0.05) is 30.3 Å². The molecule has 2 aromatic carbocycles. The Hall–Kier alpha value is -1.90. The molecule has 1 saturated heterocycles. The van der Waals surface area contributed by atoms with Crippen LogP contribution < -0.4 is 0 Å². The normalized spacial score (nSPS) is 17.2. The minimum Gasteiger partial charge on any atom is -0.296 e. The van der Waals surface area contributed by atoms with E-state index in [9.17, 15) is 21.6 Å². The van der Waals surface area contributed by atoms with Crippen molar-refractivity contribution < 1.29 is 21.6 Å². The maximum atomic E-state index is 13.0. The summed E-state index contributed by atoms with van der Waals surface area (Å²) in [7, 11) is -3.96. The molecular weight excluding hydrogens is 377 g/mol. The first-order chi connectivity index (χ1) is 12.7. The number of hydrogen-bond acceptors (Lipinski definition) is 3. The SMILES string of the molecule is Cc1cc(C(F)(F)F)cc(S(=O)(=O)N2CCN(Cc3ccccc3)CC2)c1. The fraction of sp³-hybridized carbons (Fsp3) is 0.368. The van der Waals surface area contributed by atoms with E-state index in [-0.39, 0.29) is 23.5 Å². The molecule has 0 aromatic heterocycles. The smallest absolute Gasteiger partial charge is 0.296 e. The van der Waals surface area contributed by atoms with Crippen LogP contribution >= 0.6 is 0 Å². The molecule has 27 heavy (non-hydrogen) atoms. The van der Waals surface area contributed by atoms with Gasteiger partial charge in [0, 0.05) is 32.7 Å². The van der Waals surface area contributed by atoms with Crippen LogP contribution in [0.2, 0.25) is 0 Å².